The molecule has 0 heterocycles. The Labute approximate surface area is 134 Å². The SMILES string of the molecule is CCCC(I)I.O=C(O)Cc1cc(O)cc(O)c1. The second-order valence-electron chi connectivity index (χ2n) is 3.61. The molecule has 0 aliphatic carbocycles. The van der Waals surface area contributed by atoms with E-state index in [0.717, 1.165) is 8.00 Å². The fourth-order valence-electron chi connectivity index (χ4n) is 1.15. The van der Waals surface area contributed by atoms with Crippen molar-refractivity contribution in [3.8, 4) is 11.5 Å². The molecule has 0 radical (unpaired) electrons. The molecule has 6 heteroatoms. The van der Waals surface area contributed by atoms with Crippen molar-refractivity contribution < 1.29 is 20.1 Å². The van der Waals surface area contributed by atoms with Gasteiger partial charge >= 0.3 is 5.97 Å². The van der Waals surface area contributed by atoms with Crippen LogP contribution in [-0.4, -0.2) is 23.2 Å². The summed E-state index contributed by atoms with van der Waals surface area (Å²) in [5, 5.41) is 26.3. The van der Waals surface area contributed by atoms with Gasteiger partial charge in [0.05, 0.1) is 8.35 Å². The molecule has 0 bridgehead atoms. The minimum atomic E-state index is -1.000. The summed E-state index contributed by atoms with van der Waals surface area (Å²) >= 11 is 4.86. The fraction of sp³-hybridized carbons (Fsp3) is 0.417. The van der Waals surface area contributed by atoms with E-state index in [-0.39, 0.29) is 17.9 Å². The molecule has 1 aromatic carbocycles. The summed E-state index contributed by atoms with van der Waals surface area (Å²) in [5.74, 6) is -1.27. The lowest BCUT2D eigenvalue weighted by molar-refractivity contribution is -0.136. The van der Waals surface area contributed by atoms with Gasteiger partial charge in [0.2, 0.25) is 0 Å². The molecule has 0 aliphatic heterocycles. The maximum atomic E-state index is 10.2. The molecule has 0 aliphatic rings. The molecule has 1 aromatic rings. The molecule has 4 nitrogen and oxygen atoms in total. The zero-order valence-electron chi connectivity index (χ0n) is 9.94. The van der Waals surface area contributed by atoms with Crippen LogP contribution in [0.5, 0.6) is 11.5 Å². The van der Waals surface area contributed by atoms with Gasteiger partial charge in [-0.2, -0.15) is 0 Å². The molecule has 0 atom stereocenters. The molecule has 102 valence electrons. The van der Waals surface area contributed by atoms with Crippen molar-refractivity contribution in [2.24, 2.45) is 0 Å². The smallest absolute Gasteiger partial charge is 0.307 e. The third-order valence-corrected chi connectivity index (χ3v) is 3.07. The third-order valence-electron chi connectivity index (χ3n) is 1.82. The van der Waals surface area contributed by atoms with E-state index >= 15 is 0 Å². The van der Waals surface area contributed by atoms with Gasteiger partial charge in [0, 0.05) is 6.07 Å². The first-order chi connectivity index (χ1) is 8.35. The van der Waals surface area contributed by atoms with Gasteiger partial charge in [0.25, 0.3) is 0 Å². The number of carboxylic acid groups (broad SMARTS) is 1. The first-order valence-electron chi connectivity index (χ1n) is 5.37. The van der Waals surface area contributed by atoms with Crippen LogP contribution in [0, 0.1) is 0 Å². The molecule has 3 N–H and O–H groups in total. The molecule has 0 saturated heterocycles. The van der Waals surface area contributed by atoms with Crippen LogP contribution in [0.4, 0.5) is 0 Å². The van der Waals surface area contributed by atoms with Gasteiger partial charge in [-0.05, 0) is 24.1 Å². The molecule has 0 aromatic heterocycles. The standard InChI is InChI=1S/C8H8O4.C4H8I2/c9-6-1-5(3-8(11)12)2-7(10)4-6;1-2-3-4(5)6/h1-2,4,9-10H,3H2,(H,11,12);4H,2-3H2,1H3. The minimum absolute atomic E-state index is 0.133. The van der Waals surface area contributed by atoms with E-state index in [1.165, 1.54) is 25.0 Å². The highest BCUT2D eigenvalue weighted by molar-refractivity contribution is 14.2. The van der Waals surface area contributed by atoms with Gasteiger partial charge < -0.3 is 15.3 Å². The lowest BCUT2D eigenvalue weighted by atomic mass is 10.1. The lowest BCUT2D eigenvalue weighted by Gasteiger charge is -1.99. The Bertz CT molecular complexity index is 360. The van der Waals surface area contributed by atoms with Crippen molar-refractivity contribution in [1.82, 2.24) is 0 Å². The highest BCUT2D eigenvalue weighted by Crippen LogP contribution is 2.20. The summed E-state index contributed by atoms with van der Waals surface area (Å²) in [6, 6.07) is 3.74. The number of hydrogen-bond acceptors (Lipinski definition) is 3. The summed E-state index contributed by atoms with van der Waals surface area (Å²) in [5.41, 5.74) is 0.375. The third kappa shape index (κ3) is 9.75. The number of aliphatic carboxylic acids is 1. The maximum Gasteiger partial charge on any atom is 0.307 e. The number of phenolic OH excluding ortho intramolecular Hbond substituents is 2. The Morgan fingerprint density at radius 2 is 1.72 bits per heavy atom. The second kappa shape index (κ2) is 9.65. The zero-order chi connectivity index (χ0) is 14.1. The number of hydrogen-bond donors (Lipinski definition) is 3. The molecular formula is C12H16I2O4. The summed E-state index contributed by atoms with van der Waals surface area (Å²) in [6.45, 7) is 2.21. The Morgan fingerprint density at radius 3 is 2.00 bits per heavy atom. The van der Waals surface area contributed by atoms with Crippen molar-refractivity contribution in [2.45, 2.75) is 28.1 Å². The molecule has 18 heavy (non-hydrogen) atoms. The number of carbonyl (C=O) groups is 1. The van der Waals surface area contributed by atoms with E-state index in [9.17, 15) is 4.79 Å². The highest BCUT2D eigenvalue weighted by Gasteiger charge is 2.03. The fourth-order valence-corrected chi connectivity index (χ4v) is 2.40. The van der Waals surface area contributed by atoms with Gasteiger partial charge in [-0.25, -0.2) is 0 Å². The predicted molar refractivity (Wildman–Crippen MR) is 87.8 cm³/mol. The van der Waals surface area contributed by atoms with Crippen LogP contribution < -0.4 is 0 Å². The zero-order valence-corrected chi connectivity index (χ0v) is 14.3. The molecule has 1 rings (SSSR count). The Hall–Kier alpha value is -0.250. The maximum absolute atomic E-state index is 10.2. The number of phenols is 2. The quantitative estimate of drug-likeness (QED) is 0.456. The van der Waals surface area contributed by atoms with Crippen molar-refractivity contribution in [3.63, 3.8) is 0 Å². The van der Waals surface area contributed by atoms with Crippen molar-refractivity contribution in [2.75, 3.05) is 0 Å². The average Bonchev–Trinajstić information content (AvgIpc) is 2.14. The van der Waals surface area contributed by atoms with Gasteiger partial charge in [0.15, 0.2) is 0 Å². The van der Waals surface area contributed by atoms with Gasteiger partial charge in [-0.1, -0.05) is 58.5 Å². The van der Waals surface area contributed by atoms with Crippen LogP contribution in [0.15, 0.2) is 18.2 Å². The number of benzene rings is 1. The van der Waals surface area contributed by atoms with E-state index in [1.54, 1.807) is 0 Å². The van der Waals surface area contributed by atoms with Crippen LogP contribution in [0.25, 0.3) is 0 Å². The summed E-state index contributed by atoms with van der Waals surface area (Å²) in [6.07, 6.45) is 2.46. The summed E-state index contributed by atoms with van der Waals surface area (Å²) in [7, 11) is 0. The van der Waals surface area contributed by atoms with Gasteiger partial charge in [-0.15, -0.1) is 0 Å². The highest BCUT2D eigenvalue weighted by atomic mass is 127. The van der Waals surface area contributed by atoms with E-state index in [1.807, 2.05) is 0 Å². The van der Waals surface area contributed by atoms with Crippen LogP contribution in [0.1, 0.15) is 25.3 Å². The van der Waals surface area contributed by atoms with Crippen LogP contribution in [0.2, 0.25) is 0 Å². The number of alkyl halides is 2. The Balaban J connectivity index is 0.000000411. The number of carboxylic acids is 1. The molecule has 0 spiro atoms. The van der Waals surface area contributed by atoms with E-state index < -0.39 is 5.97 Å². The van der Waals surface area contributed by atoms with Crippen LogP contribution in [-0.2, 0) is 11.2 Å². The monoisotopic (exact) mass is 478 g/mol. The molecule has 0 saturated carbocycles. The number of aromatic hydroxyl groups is 2. The van der Waals surface area contributed by atoms with E-state index in [4.69, 9.17) is 15.3 Å². The Morgan fingerprint density at radius 1 is 1.22 bits per heavy atom. The van der Waals surface area contributed by atoms with Crippen molar-refractivity contribution in [3.05, 3.63) is 23.8 Å². The lowest BCUT2D eigenvalue weighted by Crippen LogP contribution is -1.99. The number of halogens is 2. The average molecular weight is 478 g/mol. The second-order valence-corrected chi connectivity index (χ2v) is 9.00. The molecular weight excluding hydrogens is 462 g/mol. The van der Waals surface area contributed by atoms with E-state index in [2.05, 4.69) is 52.1 Å². The van der Waals surface area contributed by atoms with Crippen LogP contribution >= 0.6 is 45.2 Å². The first-order valence-corrected chi connectivity index (χ1v) is 7.86. The Kier molecular flexibility index (Phi) is 9.52. The summed E-state index contributed by atoms with van der Waals surface area (Å²) < 4.78 is 0.838. The van der Waals surface area contributed by atoms with Crippen LogP contribution in [0.3, 0.4) is 0 Å². The van der Waals surface area contributed by atoms with Crippen molar-refractivity contribution in [1.29, 1.82) is 0 Å². The summed E-state index contributed by atoms with van der Waals surface area (Å²) in [4.78, 5) is 10.2. The molecule has 0 fully saturated rings. The van der Waals surface area contributed by atoms with E-state index in [0.29, 0.717) is 5.56 Å². The largest absolute Gasteiger partial charge is 0.508 e. The predicted octanol–water partition coefficient (Wildman–Crippen LogP) is 3.71. The van der Waals surface area contributed by atoms with Gasteiger partial charge in [-0.3, -0.25) is 4.79 Å². The molecule has 0 amide bonds. The minimum Gasteiger partial charge on any atom is -0.508 e. The normalized spacial score (nSPS) is 9.78. The van der Waals surface area contributed by atoms with Crippen molar-refractivity contribution >= 4 is 51.2 Å². The topological polar surface area (TPSA) is 77.8 Å². The van der Waals surface area contributed by atoms with Gasteiger partial charge in [0.1, 0.15) is 11.5 Å². The molecule has 0 unspecified atom stereocenters. The number of rotatable bonds is 4. The first kappa shape index (κ1) is 17.8.